The van der Waals surface area contributed by atoms with E-state index in [4.69, 9.17) is 21.1 Å². The smallest absolute Gasteiger partial charge is 0.336 e. The number of benzene rings is 1. The summed E-state index contributed by atoms with van der Waals surface area (Å²) in [5.41, 5.74) is 2.03. The second-order valence-corrected chi connectivity index (χ2v) is 7.00. The summed E-state index contributed by atoms with van der Waals surface area (Å²) in [5.74, 6) is 0.0125. The third kappa shape index (κ3) is 4.46. The van der Waals surface area contributed by atoms with Crippen LogP contribution in [0.25, 0.3) is 0 Å². The van der Waals surface area contributed by atoms with E-state index in [1.165, 1.54) is 0 Å². The molecule has 1 unspecified atom stereocenters. The van der Waals surface area contributed by atoms with Crippen LogP contribution in [-0.2, 0) is 20.8 Å². The van der Waals surface area contributed by atoms with Gasteiger partial charge in [-0.2, -0.15) is 0 Å². The number of aliphatic carboxylic acids is 1. The molecule has 27 heavy (non-hydrogen) atoms. The Bertz CT molecular complexity index is 739. The summed E-state index contributed by atoms with van der Waals surface area (Å²) in [6.45, 7) is 7.48. The van der Waals surface area contributed by atoms with Gasteiger partial charge < -0.3 is 24.4 Å². The molecule has 0 aromatic heterocycles. The third-order valence-corrected chi connectivity index (χ3v) is 5.00. The zero-order valence-electron chi connectivity index (χ0n) is 15.7. The van der Waals surface area contributed by atoms with Gasteiger partial charge in [0.15, 0.2) is 6.23 Å². The van der Waals surface area contributed by atoms with Crippen LogP contribution in [0.2, 0.25) is 5.02 Å². The molecule has 0 radical (unpaired) electrons. The fourth-order valence-corrected chi connectivity index (χ4v) is 3.57. The maximum absolute atomic E-state index is 11.9. The lowest BCUT2D eigenvalue weighted by molar-refractivity contribution is -0.137. The van der Waals surface area contributed by atoms with E-state index >= 15 is 0 Å². The molecule has 0 spiro atoms. The molecule has 2 aliphatic rings. The van der Waals surface area contributed by atoms with Crippen molar-refractivity contribution in [1.29, 1.82) is 0 Å². The Hall–Kier alpha value is -2.02. The summed E-state index contributed by atoms with van der Waals surface area (Å²) in [6.07, 6.45) is 1.30. The van der Waals surface area contributed by atoms with Gasteiger partial charge in [-0.05, 0) is 43.2 Å². The van der Waals surface area contributed by atoms with Crippen molar-refractivity contribution in [2.45, 2.75) is 26.6 Å². The van der Waals surface area contributed by atoms with Crippen LogP contribution < -0.4 is 0 Å². The Balaban J connectivity index is 2.00. The van der Waals surface area contributed by atoms with Crippen molar-refractivity contribution in [2.75, 3.05) is 32.9 Å². The Morgan fingerprint density at radius 1 is 1.30 bits per heavy atom. The normalized spacial score (nSPS) is 20.7. The van der Waals surface area contributed by atoms with E-state index in [9.17, 15) is 9.90 Å². The number of rotatable bonds is 6. The number of hydrogen-bond donors (Lipinski definition) is 1. The van der Waals surface area contributed by atoms with E-state index in [1.54, 1.807) is 0 Å². The number of allylic oxidation sites excluding steroid dienone is 2. The van der Waals surface area contributed by atoms with Gasteiger partial charge in [-0.15, -0.1) is 0 Å². The molecule has 0 bridgehead atoms. The lowest BCUT2D eigenvalue weighted by Gasteiger charge is -2.44. The first kappa shape index (κ1) is 19.7. The van der Waals surface area contributed by atoms with E-state index in [0.717, 1.165) is 30.0 Å². The lowest BCUT2D eigenvalue weighted by Crippen LogP contribution is -2.49. The van der Waals surface area contributed by atoms with E-state index in [0.29, 0.717) is 31.4 Å². The third-order valence-electron chi connectivity index (χ3n) is 4.75. The fraction of sp³-hybridized carbons (Fsp3) is 0.450. The summed E-state index contributed by atoms with van der Waals surface area (Å²) < 4.78 is 11.4. The van der Waals surface area contributed by atoms with Crippen LogP contribution in [0.5, 0.6) is 0 Å². The van der Waals surface area contributed by atoms with Crippen LogP contribution in [0.4, 0.5) is 0 Å². The fourth-order valence-electron chi connectivity index (χ4n) is 3.45. The number of ether oxygens (including phenoxy) is 2. The summed E-state index contributed by atoms with van der Waals surface area (Å²) in [7, 11) is 0. The van der Waals surface area contributed by atoms with Crippen molar-refractivity contribution in [3.05, 3.63) is 57.9 Å². The Labute approximate surface area is 164 Å². The molecule has 146 valence electrons. The van der Waals surface area contributed by atoms with Crippen molar-refractivity contribution in [2.24, 2.45) is 0 Å². The lowest BCUT2D eigenvalue weighted by atomic mass is 10.0. The molecule has 0 amide bonds. The Morgan fingerprint density at radius 3 is 2.56 bits per heavy atom. The van der Waals surface area contributed by atoms with Crippen LogP contribution in [0.3, 0.4) is 0 Å². The summed E-state index contributed by atoms with van der Waals surface area (Å²) in [5, 5.41) is 10.4. The predicted octanol–water partition coefficient (Wildman–Crippen LogP) is 3.09. The second-order valence-electron chi connectivity index (χ2n) is 6.57. The van der Waals surface area contributed by atoms with Gasteiger partial charge in [0, 0.05) is 31.3 Å². The maximum Gasteiger partial charge on any atom is 0.336 e. The highest BCUT2D eigenvalue weighted by molar-refractivity contribution is 6.30. The highest BCUT2D eigenvalue weighted by atomic mass is 35.5. The molecule has 1 aromatic carbocycles. The molecule has 1 aromatic rings. The molecule has 6 nitrogen and oxygen atoms in total. The Kier molecular flexibility index (Phi) is 6.42. The number of carbonyl (C=O) groups is 1. The van der Waals surface area contributed by atoms with Gasteiger partial charge in [0.2, 0.25) is 0 Å². The molecule has 1 atom stereocenters. The highest BCUT2D eigenvalue weighted by Crippen LogP contribution is 2.32. The number of carboxylic acids is 1. The van der Waals surface area contributed by atoms with Crippen LogP contribution in [0.15, 0.2) is 47.3 Å². The zero-order valence-corrected chi connectivity index (χ0v) is 16.4. The molecule has 0 aliphatic carbocycles. The molecule has 1 saturated heterocycles. The van der Waals surface area contributed by atoms with Crippen LogP contribution >= 0.6 is 11.6 Å². The molecular formula is C20H25ClN2O4. The monoisotopic (exact) mass is 392 g/mol. The van der Waals surface area contributed by atoms with E-state index in [1.807, 2.05) is 49.1 Å². The minimum Gasteiger partial charge on any atom is -0.478 e. The standard InChI is InChI=1S/C20H25ClN2O4/c1-3-27-19-18(20(24)25)14(2)12-17(22-8-10-26-11-9-22)23(19)13-15-4-6-16(21)7-5-15/h4-7,12,19H,3,8-11,13H2,1-2H3,(H,24,25). The van der Waals surface area contributed by atoms with Crippen molar-refractivity contribution in [1.82, 2.24) is 9.80 Å². The average molecular weight is 393 g/mol. The SMILES string of the molecule is CCOC1C(C(=O)O)=C(C)C=C(N2CCOCC2)N1Cc1ccc(Cl)cc1. The van der Waals surface area contributed by atoms with Gasteiger partial charge in [-0.1, -0.05) is 23.7 Å². The molecule has 7 heteroatoms. The van der Waals surface area contributed by atoms with Gasteiger partial charge >= 0.3 is 5.97 Å². The van der Waals surface area contributed by atoms with Gasteiger partial charge in [0.25, 0.3) is 0 Å². The number of hydrogen-bond acceptors (Lipinski definition) is 5. The van der Waals surface area contributed by atoms with Gasteiger partial charge in [-0.3, -0.25) is 0 Å². The predicted molar refractivity (Wildman–Crippen MR) is 103 cm³/mol. The van der Waals surface area contributed by atoms with Crippen LogP contribution in [-0.4, -0.2) is 60.0 Å². The number of carboxylic acid groups (broad SMARTS) is 1. The van der Waals surface area contributed by atoms with Crippen molar-refractivity contribution < 1.29 is 19.4 Å². The molecule has 2 aliphatic heterocycles. The number of morpholine rings is 1. The largest absolute Gasteiger partial charge is 0.478 e. The average Bonchev–Trinajstić information content (AvgIpc) is 2.66. The Morgan fingerprint density at radius 2 is 1.96 bits per heavy atom. The van der Waals surface area contributed by atoms with Crippen molar-refractivity contribution in [3.8, 4) is 0 Å². The highest BCUT2D eigenvalue weighted by Gasteiger charge is 2.36. The molecular weight excluding hydrogens is 368 g/mol. The number of nitrogens with zero attached hydrogens (tertiary/aromatic N) is 2. The first-order valence-electron chi connectivity index (χ1n) is 9.12. The van der Waals surface area contributed by atoms with Crippen molar-refractivity contribution >= 4 is 17.6 Å². The molecule has 1 fully saturated rings. The van der Waals surface area contributed by atoms with Gasteiger partial charge in [0.1, 0.15) is 5.82 Å². The topological polar surface area (TPSA) is 62.2 Å². The van der Waals surface area contributed by atoms with Crippen molar-refractivity contribution in [3.63, 3.8) is 0 Å². The first-order valence-corrected chi connectivity index (χ1v) is 9.50. The molecule has 3 rings (SSSR count). The van der Waals surface area contributed by atoms with E-state index in [2.05, 4.69) is 4.90 Å². The molecule has 0 saturated carbocycles. The molecule has 2 heterocycles. The van der Waals surface area contributed by atoms with Gasteiger partial charge in [-0.25, -0.2) is 4.79 Å². The summed E-state index contributed by atoms with van der Waals surface area (Å²) >= 11 is 6.01. The van der Waals surface area contributed by atoms with E-state index < -0.39 is 12.2 Å². The van der Waals surface area contributed by atoms with Gasteiger partial charge in [0.05, 0.1) is 18.8 Å². The molecule has 1 N–H and O–H groups in total. The van der Waals surface area contributed by atoms with E-state index in [-0.39, 0.29) is 5.57 Å². The summed E-state index contributed by atoms with van der Waals surface area (Å²) in [4.78, 5) is 16.2. The summed E-state index contributed by atoms with van der Waals surface area (Å²) in [6, 6.07) is 7.59. The maximum atomic E-state index is 11.9. The number of halogens is 1. The minimum atomic E-state index is -0.954. The van der Waals surface area contributed by atoms with Crippen LogP contribution in [0.1, 0.15) is 19.4 Å². The van der Waals surface area contributed by atoms with Crippen LogP contribution in [0, 0.1) is 0 Å². The minimum absolute atomic E-state index is 0.280. The first-order chi connectivity index (χ1) is 13.0. The second kappa shape index (κ2) is 8.78. The zero-order chi connectivity index (χ0) is 19.4. The quantitative estimate of drug-likeness (QED) is 0.802.